The molecule has 1 rings (SSSR count). The molecule has 7 heteroatoms. The number of halogens is 3. The zero-order valence-corrected chi connectivity index (χ0v) is 11.2. The van der Waals surface area contributed by atoms with Gasteiger partial charge in [0, 0.05) is 17.9 Å². The van der Waals surface area contributed by atoms with E-state index in [4.69, 9.17) is 11.5 Å². The predicted octanol–water partition coefficient (Wildman–Crippen LogP) is 2.66. The molecule has 0 aliphatic heterocycles. The quantitative estimate of drug-likeness (QED) is 0.818. The van der Waals surface area contributed by atoms with E-state index in [1.807, 2.05) is 6.92 Å². The highest BCUT2D eigenvalue weighted by Gasteiger charge is 2.33. The molecule has 0 bridgehead atoms. The SMILES string of the molecule is CCCCN(CC(F)(F)F)C(=O)c1ccc(N)cc1N. The molecule has 112 valence electrons. The molecule has 0 atom stereocenters. The van der Waals surface area contributed by atoms with Crippen molar-refractivity contribution >= 4 is 17.3 Å². The first-order valence-corrected chi connectivity index (χ1v) is 6.25. The second-order valence-electron chi connectivity index (χ2n) is 4.54. The molecule has 20 heavy (non-hydrogen) atoms. The van der Waals surface area contributed by atoms with Crippen molar-refractivity contribution in [1.82, 2.24) is 4.90 Å². The summed E-state index contributed by atoms with van der Waals surface area (Å²) in [4.78, 5) is 12.9. The van der Waals surface area contributed by atoms with E-state index in [0.29, 0.717) is 18.5 Å². The molecule has 0 spiro atoms. The number of anilines is 2. The maximum Gasteiger partial charge on any atom is 0.406 e. The summed E-state index contributed by atoms with van der Waals surface area (Å²) in [6.45, 7) is 0.599. The van der Waals surface area contributed by atoms with Gasteiger partial charge in [-0.1, -0.05) is 13.3 Å². The van der Waals surface area contributed by atoms with Gasteiger partial charge in [-0.2, -0.15) is 13.2 Å². The molecule has 1 aromatic rings. The lowest BCUT2D eigenvalue weighted by atomic mass is 10.1. The minimum Gasteiger partial charge on any atom is -0.399 e. The highest BCUT2D eigenvalue weighted by molar-refractivity contribution is 5.99. The smallest absolute Gasteiger partial charge is 0.399 e. The minimum atomic E-state index is -4.44. The first kappa shape index (κ1) is 16.1. The summed E-state index contributed by atoms with van der Waals surface area (Å²) in [6, 6.07) is 4.15. The van der Waals surface area contributed by atoms with E-state index in [2.05, 4.69) is 0 Å². The Bertz CT molecular complexity index is 474. The Balaban J connectivity index is 2.96. The lowest BCUT2D eigenvalue weighted by molar-refractivity contribution is -0.140. The standard InChI is InChI=1S/C13H18F3N3O/c1-2-3-6-19(8-13(14,15)16)12(20)10-5-4-9(17)7-11(10)18/h4-5,7H,2-3,6,8,17-18H2,1H3. The van der Waals surface area contributed by atoms with Crippen molar-refractivity contribution in [2.24, 2.45) is 0 Å². The third-order valence-electron chi connectivity index (χ3n) is 2.74. The Morgan fingerprint density at radius 2 is 1.95 bits per heavy atom. The summed E-state index contributed by atoms with van der Waals surface area (Å²) in [5.41, 5.74) is 11.6. The third-order valence-corrected chi connectivity index (χ3v) is 2.74. The van der Waals surface area contributed by atoms with Crippen molar-refractivity contribution in [3.63, 3.8) is 0 Å². The fraction of sp³-hybridized carbons (Fsp3) is 0.462. The number of benzene rings is 1. The fourth-order valence-corrected chi connectivity index (χ4v) is 1.76. The Morgan fingerprint density at radius 3 is 2.45 bits per heavy atom. The zero-order chi connectivity index (χ0) is 15.3. The van der Waals surface area contributed by atoms with Gasteiger partial charge in [-0.3, -0.25) is 4.79 Å². The van der Waals surface area contributed by atoms with Crippen LogP contribution < -0.4 is 11.5 Å². The number of nitrogens with zero attached hydrogens (tertiary/aromatic N) is 1. The van der Waals surface area contributed by atoms with Crippen LogP contribution >= 0.6 is 0 Å². The van der Waals surface area contributed by atoms with Crippen LogP contribution in [0.1, 0.15) is 30.1 Å². The number of hydrogen-bond donors (Lipinski definition) is 2. The molecule has 0 unspecified atom stereocenters. The number of hydrogen-bond acceptors (Lipinski definition) is 3. The molecule has 0 heterocycles. The number of nitrogen functional groups attached to an aromatic ring is 2. The number of nitrogens with two attached hydrogens (primary N) is 2. The number of carbonyl (C=O) groups is 1. The first-order valence-electron chi connectivity index (χ1n) is 6.25. The highest BCUT2D eigenvalue weighted by Crippen LogP contribution is 2.22. The van der Waals surface area contributed by atoms with E-state index in [1.54, 1.807) is 0 Å². The Kier molecular flexibility index (Phi) is 5.24. The van der Waals surface area contributed by atoms with Crippen molar-refractivity contribution in [2.75, 3.05) is 24.6 Å². The summed E-state index contributed by atoms with van der Waals surface area (Å²) >= 11 is 0. The number of alkyl halides is 3. The number of rotatable bonds is 5. The van der Waals surface area contributed by atoms with Crippen LogP contribution in [0.15, 0.2) is 18.2 Å². The lowest BCUT2D eigenvalue weighted by Gasteiger charge is -2.24. The average Bonchev–Trinajstić information content (AvgIpc) is 2.32. The molecular formula is C13H18F3N3O. The Morgan fingerprint density at radius 1 is 1.30 bits per heavy atom. The molecule has 0 saturated heterocycles. The molecule has 0 saturated carbocycles. The van der Waals surface area contributed by atoms with Gasteiger partial charge in [-0.05, 0) is 24.6 Å². The molecule has 0 aliphatic carbocycles. The fourth-order valence-electron chi connectivity index (χ4n) is 1.76. The van der Waals surface area contributed by atoms with Crippen molar-refractivity contribution in [1.29, 1.82) is 0 Å². The first-order chi connectivity index (χ1) is 9.24. The average molecular weight is 289 g/mol. The van der Waals surface area contributed by atoms with E-state index in [-0.39, 0.29) is 17.8 Å². The van der Waals surface area contributed by atoms with Gasteiger partial charge >= 0.3 is 6.18 Å². The van der Waals surface area contributed by atoms with Crippen LogP contribution in [-0.2, 0) is 0 Å². The van der Waals surface area contributed by atoms with E-state index >= 15 is 0 Å². The topological polar surface area (TPSA) is 72.3 Å². The van der Waals surface area contributed by atoms with Gasteiger partial charge in [0.15, 0.2) is 0 Å². The summed E-state index contributed by atoms with van der Waals surface area (Å²) in [5.74, 6) is -0.728. The Labute approximate surface area is 115 Å². The van der Waals surface area contributed by atoms with E-state index in [0.717, 1.165) is 4.90 Å². The molecule has 0 radical (unpaired) electrons. The summed E-state index contributed by atoms with van der Waals surface area (Å²) < 4.78 is 37.6. The molecule has 4 nitrogen and oxygen atoms in total. The third kappa shape index (κ3) is 4.64. The number of unbranched alkanes of at least 4 members (excludes halogenated alkanes) is 1. The molecule has 1 amide bonds. The maximum atomic E-state index is 12.5. The molecule has 1 aromatic carbocycles. The lowest BCUT2D eigenvalue weighted by Crippen LogP contribution is -2.39. The van der Waals surface area contributed by atoms with Crippen LogP contribution in [0.2, 0.25) is 0 Å². The summed E-state index contributed by atoms with van der Waals surface area (Å²) in [7, 11) is 0. The van der Waals surface area contributed by atoms with Gasteiger partial charge in [0.1, 0.15) is 6.54 Å². The van der Waals surface area contributed by atoms with Crippen molar-refractivity contribution < 1.29 is 18.0 Å². The van der Waals surface area contributed by atoms with Crippen LogP contribution in [0.5, 0.6) is 0 Å². The van der Waals surface area contributed by atoms with Gasteiger partial charge in [-0.15, -0.1) is 0 Å². The summed E-state index contributed by atoms with van der Waals surface area (Å²) in [5, 5.41) is 0. The molecule has 4 N–H and O–H groups in total. The van der Waals surface area contributed by atoms with Crippen molar-refractivity contribution in [3.05, 3.63) is 23.8 Å². The second kappa shape index (κ2) is 6.49. The van der Waals surface area contributed by atoms with Crippen molar-refractivity contribution in [3.8, 4) is 0 Å². The number of carbonyl (C=O) groups excluding carboxylic acids is 1. The van der Waals surface area contributed by atoms with Crippen LogP contribution in [0.25, 0.3) is 0 Å². The molecular weight excluding hydrogens is 271 g/mol. The predicted molar refractivity (Wildman–Crippen MR) is 72.1 cm³/mol. The van der Waals surface area contributed by atoms with Gasteiger partial charge in [0.25, 0.3) is 5.91 Å². The maximum absolute atomic E-state index is 12.5. The van der Waals surface area contributed by atoms with Gasteiger partial charge in [0.05, 0.1) is 5.56 Å². The van der Waals surface area contributed by atoms with Crippen LogP contribution in [0.4, 0.5) is 24.5 Å². The van der Waals surface area contributed by atoms with Crippen LogP contribution in [0, 0.1) is 0 Å². The van der Waals surface area contributed by atoms with Gasteiger partial charge < -0.3 is 16.4 Å². The monoisotopic (exact) mass is 289 g/mol. The van der Waals surface area contributed by atoms with Crippen molar-refractivity contribution in [2.45, 2.75) is 25.9 Å². The van der Waals surface area contributed by atoms with E-state index in [1.165, 1.54) is 18.2 Å². The summed E-state index contributed by atoms with van der Waals surface area (Å²) in [6.07, 6.45) is -3.25. The molecule has 0 aromatic heterocycles. The molecule has 0 aliphatic rings. The minimum absolute atomic E-state index is 0.0403. The normalized spacial score (nSPS) is 11.4. The Hall–Kier alpha value is -1.92. The van der Waals surface area contributed by atoms with E-state index in [9.17, 15) is 18.0 Å². The van der Waals surface area contributed by atoms with Gasteiger partial charge in [0.2, 0.25) is 0 Å². The largest absolute Gasteiger partial charge is 0.406 e. The van der Waals surface area contributed by atoms with Crippen LogP contribution in [-0.4, -0.2) is 30.1 Å². The highest BCUT2D eigenvalue weighted by atomic mass is 19.4. The van der Waals surface area contributed by atoms with Gasteiger partial charge in [-0.25, -0.2) is 0 Å². The number of amides is 1. The molecule has 0 fully saturated rings. The zero-order valence-electron chi connectivity index (χ0n) is 11.2. The second-order valence-corrected chi connectivity index (χ2v) is 4.54. The van der Waals surface area contributed by atoms with E-state index < -0.39 is 18.6 Å². The van der Waals surface area contributed by atoms with Crippen LogP contribution in [0.3, 0.4) is 0 Å².